The van der Waals surface area contributed by atoms with Gasteiger partial charge in [-0.05, 0) is 35.2 Å². The molecule has 0 saturated heterocycles. The summed E-state index contributed by atoms with van der Waals surface area (Å²) in [6.07, 6.45) is 3.96. The van der Waals surface area contributed by atoms with Crippen LogP contribution in [0.15, 0.2) is 47.2 Å². The number of carbonyl (C=O) groups excluding carboxylic acids is 1. The number of methoxy groups -OCH3 is 2. The normalized spacial score (nSPS) is 10.9. The number of amides is 1. The number of aromatic nitrogens is 1. The topological polar surface area (TPSA) is 60.5 Å². The molecule has 0 fully saturated rings. The van der Waals surface area contributed by atoms with E-state index in [0.717, 1.165) is 16.3 Å². The van der Waals surface area contributed by atoms with E-state index >= 15 is 0 Å². The lowest BCUT2D eigenvalue weighted by atomic mass is 10.2. The molecule has 0 radical (unpaired) electrons. The number of thiophene rings is 1. The van der Waals surface area contributed by atoms with Crippen molar-refractivity contribution in [3.8, 4) is 21.4 Å². The van der Waals surface area contributed by atoms with Gasteiger partial charge in [0.2, 0.25) is 5.91 Å². The van der Waals surface area contributed by atoms with Crippen molar-refractivity contribution in [1.29, 1.82) is 0 Å². The Labute approximate surface area is 166 Å². The molecule has 0 unspecified atom stereocenters. The zero-order chi connectivity index (χ0) is 19.1. The van der Waals surface area contributed by atoms with Gasteiger partial charge in [0.15, 0.2) is 11.5 Å². The Bertz CT molecular complexity index is 917. The van der Waals surface area contributed by atoms with E-state index in [2.05, 4.69) is 16.4 Å². The highest BCUT2D eigenvalue weighted by Gasteiger charge is 2.06. The molecule has 3 aromatic rings. The standard InChI is InChI=1S/C20H20N2O3S2/c1-24-16-7-5-14(12-17(16)25-2)6-8-19(23)21-10-9-15-13-27-20(22-15)18-4-3-11-26-18/h3-8,11-13H,9-10H2,1-2H3,(H,21,23)/b8-6+. The van der Waals surface area contributed by atoms with Crippen molar-refractivity contribution in [2.45, 2.75) is 6.42 Å². The summed E-state index contributed by atoms with van der Waals surface area (Å²) >= 11 is 3.31. The van der Waals surface area contributed by atoms with Crippen molar-refractivity contribution in [3.05, 3.63) is 58.4 Å². The van der Waals surface area contributed by atoms with Crippen molar-refractivity contribution in [2.75, 3.05) is 20.8 Å². The minimum absolute atomic E-state index is 0.140. The molecule has 5 nitrogen and oxygen atoms in total. The summed E-state index contributed by atoms with van der Waals surface area (Å²) in [6.45, 7) is 0.544. The van der Waals surface area contributed by atoms with Gasteiger partial charge in [0.1, 0.15) is 5.01 Å². The second kappa shape index (κ2) is 9.34. The van der Waals surface area contributed by atoms with Crippen molar-refractivity contribution >= 4 is 34.7 Å². The Morgan fingerprint density at radius 3 is 2.78 bits per heavy atom. The molecule has 0 bridgehead atoms. The van der Waals surface area contributed by atoms with E-state index in [0.29, 0.717) is 24.5 Å². The number of thiazole rings is 1. The Morgan fingerprint density at radius 2 is 2.04 bits per heavy atom. The molecule has 0 saturated carbocycles. The third-order valence-electron chi connectivity index (χ3n) is 3.80. The van der Waals surface area contributed by atoms with Crippen LogP contribution in [-0.2, 0) is 11.2 Å². The van der Waals surface area contributed by atoms with E-state index in [1.54, 1.807) is 43.0 Å². The Morgan fingerprint density at radius 1 is 1.19 bits per heavy atom. The molecule has 0 spiro atoms. The molecule has 0 aliphatic rings. The van der Waals surface area contributed by atoms with Gasteiger partial charge >= 0.3 is 0 Å². The number of carbonyl (C=O) groups is 1. The minimum atomic E-state index is -0.140. The fraction of sp³-hybridized carbons (Fsp3) is 0.200. The van der Waals surface area contributed by atoms with Gasteiger partial charge < -0.3 is 14.8 Å². The predicted octanol–water partition coefficient (Wildman–Crippen LogP) is 4.26. The lowest BCUT2D eigenvalue weighted by Crippen LogP contribution is -2.23. The Balaban J connectivity index is 1.49. The number of hydrogen-bond acceptors (Lipinski definition) is 6. The molecule has 2 aromatic heterocycles. The summed E-state index contributed by atoms with van der Waals surface area (Å²) in [5.41, 5.74) is 1.86. The van der Waals surface area contributed by atoms with Crippen molar-refractivity contribution in [1.82, 2.24) is 10.3 Å². The number of rotatable bonds is 8. The van der Waals surface area contributed by atoms with Gasteiger partial charge in [0.25, 0.3) is 0 Å². The maximum Gasteiger partial charge on any atom is 0.244 e. The van der Waals surface area contributed by atoms with Crippen molar-refractivity contribution in [3.63, 3.8) is 0 Å². The average Bonchev–Trinajstić information content (AvgIpc) is 3.37. The van der Waals surface area contributed by atoms with Gasteiger partial charge in [0.05, 0.1) is 24.8 Å². The molecule has 1 amide bonds. The number of benzene rings is 1. The SMILES string of the molecule is COc1ccc(/C=C/C(=O)NCCc2csc(-c3cccs3)n2)cc1OC. The van der Waals surface area contributed by atoms with Crippen LogP contribution in [-0.4, -0.2) is 31.7 Å². The zero-order valence-corrected chi connectivity index (χ0v) is 16.7. The molecule has 0 aliphatic heterocycles. The van der Waals surface area contributed by atoms with E-state index in [1.165, 1.54) is 11.0 Å². The zero-order valence-electron chi connectivity index (χ0n) is 15.1. The molecule has 140 valence electrons. The van der Waals surface area contributed by atoms with Gasteiger partial charge in [-0.1, -0.05) is 12.1 Å². The fourth-order valence-electron chi connectivity index (χ4n) is 2.44. The van der Waals surface area contributed by atoms with E-state index in [4.69, 9.17) is 9.47 Å². The van der Waals surface area contributed by atoms with Crippen molar-refractivity contribution < 1.29 is 14.3 Å². The van der Waals surface area contributed by atoms with Gasteiger partial charge in [-0.15, -0.1) is 22.7 Å². The average molecular weight is 401 g/mol. The first kappa shape index (κ1) is 19.1. The van der Waals surface area contributed by atoms with E-state index in [1.807, 2.05) is 35.0 Å². The van der Waals surface area contributed by atoms with Crippen LogP contribution in [0.2, 0.25) is 0 Å². The summed E-state index contributed by atoms with van der Waals surface area (Å²) < 4.78 is 10.5. The first-order valence-corrected chi connectivity index (χ1v) is 10.1. The molecule has 0 atom stereocenters. The monoisotopic (exact) mass is 400 g/mol. The summed E-state index contributed by atoms with van der Waals surface area (Å²) in [6, 6.07) is 9.58. The second-order valence-electron chi connectivity index (χ2n) is 5.61. The molecule has 3 rings (SSSR count). The van der Waals surface area contributed by atoms with Gasteiger partial charge in [-0.3, -0.25) is 4.79 Å². The molecular formula is C20H20N2O3S2. The third kappa shape index (κ3) is 5.18. The van der Waals surface area contributed by atoms with Crippen LogP contribution >= 0.6 is 22.7 Å². The molecular weight excluding hydrogens is 380 g/mol. The van der Waals surface area contributed by atoms with Gasteiger partial charge in [-0.25, -0.2) is 4.98 Å². The summed E-state index contributed by atoms with van der Waals surface area (Å²) in [5.74, 6) is 1.15. The molecule has 1 N–H and O–H groups in total. The van der Waals surface area contributed by atoms with E-state index in [9.17, 15) is 4.79 Å². The number of nitrogens with zero attached hydrogens (tertiary/aromatic N) is 1. The second-order valence-corrected chi connectivity index (χ2v) is 7.42. The summed E-state index contributed by atoms with van der Waals surface area (Å²) in [5, 5.41) is 7.99. The summed E-state index contributed by atoms with van der Waals surface area (Å²) in [7, 11) is 3.17. The smallest absolute Gasteiger partial charge is 0.244 e. The Hall–Kier alpha value is -2.64. The highest BCUT2D eigenvalue weighted by Crippen LogP contribution is 2.28. The van der Waals surface area contributed by atoms with Gasteiger partial charge in [-0.2, -0.15) is 0 Å². The quantitative estimate of drug-likeness (QED) is 0.574. The van der Waals surface area contributed by atoms with Crippen LogP contribution in [0.5, 0.6) is 11.5 Å². The van der Waals surface area contributed by atoms with Crippen LogP contribution in [0, 0.1) is 0 Å². The van der Waals surface area contributed by atoms with Crippen LogP contribution in [0.1, 0.15) is 11.3 Å². The minimum Gasteiger partial charge on any atom is -0.493 e. The molecule has 1 aromatic carbocycles. The number of nitrogens with one attached hydrogen (secondary N) is 1. The van der Waals surface area contributed by atoms with Crippen LogP contribution in [0.4, 0.5) is 0 Å². The molecule has 7 heteroatoms. The molecule has 0 aliphatic carbocycles. The highest BCUT2D eigenvalue weighted by atomic mass is 32.1. The van der Waals surface area contributed by atoms with Crippen LogP contribution in [0.25, 0.3) is 16.0 Å². The maximum absolute atomic E-state index is 12.0. The first-order valence-electron chi connectivity index (χ1n) is 8.36. The first-order chi connectivity index (χ1) is 13.2. The lowest BCUT2D eigenvalue weighted by Gasteiger charge is -2.07. The Kier molecular flexibility index (Phi) is 6.62. The van der Waals surface area contributed by atoms with E-state index < -0.39 is 0 Å². The fourth-order valence-corrected chi connectivity index (χ4v) is 4.10. The maximum atomic E-state index is 12.0. The molecule has 27 heavy (non-hydrogen) atoms. The van der Waals surface area contributed by atoms with Crippen molar-refractivity contribution in [2.24, 2.45) is 0 Å². The number of hydrogen-bond donors (Lipinski definition) is 1. The number of ether oxygens (including phenoxy) is 2. The lowest BCUT2D eigenvalue weighted by molar-refractivity contribution is -0.116. The van der Waals surface area contributed by atoms with Crippen LogP contribution < -0.4 is 14.8 Å². The van der Waals surface area contributed by atoms with E-state index in [-0.39, 0.29) is 5.91 Å². The molecule has 2 heterocycles. The van der Waals surface area contributed by atoms with Gasteiger partial charge in [0, 0.05) is 24.4 Å². The third-order valence-corrected chi connectivity index (χ3v) is 5.73. The van der Waals surface area contributed by atoms with Crippen LogP contribution in [0.3, 0.4) is 0 Å². The largest absolute Gasteiger partial charge is 0.493 e. The highest BCUT2D eigenvalue weighted by molar-refractivity contribution is 7.20. The predicted molar refractivity (Wildman–Crippen MR) is 111 cm³/mol. The summed E-state index contributed by atoms with van der Waals surface area (Å²) in [4.78, 5) is 17.8.